The number of carbonyl (C=O) groups is 1. The lowest BCUT2D eigenvalue weighted by molar-refractivity contribution is -0.123. The maximum absolute atomic E-state index is 11.7. The lowest BCUT2D eigenvalue weighted by Gasteiger charge is -2.09. The van der Waals surface area contributed by atoms with Crippen LogP contribution in [0.2, 0.25) is 0 Å². The molecular formula is C14H15Br2N3O2. The lowest BCUT2D eigenvalue weighted by Crippen LogP contribution is -2.30. The van der Waals surface area contributed by atoms with Crippen LogP contribution in [-0.2, 0) is 11.2 Å². The third-order valence-electron chi connectivity index (χ3n) is 2.72. The quantitative estimate of drug-likeness (QED) is 0.681. The van der Waals surface area contributed by atoms with Gasteiger partial charge in [0, 0.05) is 29.8 Å². The second-order valence-electron chi connectivity index (χ2n) is 4.35. The molecule has 21 heavy (non-hydrogen) atoms. The molecule has 5 nitrogen and oxygen atoms in total. The summed E-state index contributed by atoms with van der Waals surface area (Å²) in [5.74, 6) is 1.44. The summed E-state index contributed by atoms with van der Waals surface area (Å²) < 4.78 is 7.21. The average Bonchev–Trinajstić information content (AvgIpc) is 2.96. The molecule has 0 unspecified atom stereocenters. The van der Waals surface area contributed by atoms with Gasteiger partial charge >= 0.3 is 0 Å². The Morgan fingerprint density at radius 3 is 2.95 bits per heavy atom. The molecule has 2 N–H and O–H groups in total. The number of nitrogens with zero attached hydrogens (tertiary/aromatic N) is 1. The van der Waals surface area contributed by atoms with E-state index in [4.69, 9.17) is 4.74 Å². The fraction of sp³-hybridized carbons (Fsp3) is 0.286. The monoisotopic (exact) mass is 415 g/mol. The van der Waals surface area contributed by atoms with E-state index in [1.807, 2.05) is 12.1 Å². The number of benzene rings is 1. The number of carbonyl (C=O) groups excluding carboxylic acids is 1. The highest BCUT2D eigenvalue weighted by Crippen LogP contribution is 2.27. The van der Waals surface area contributed by atoms with Crippen molar-refractivity contribution in [3.63, 3.8) is 0 Å². The summed E-state index contributed by atoms with van der Waals surface area (Å²) >= 11 is 6.75. The Balaban J connectivity index is 1.65. The maximum Gasteiger partial charge on any atom is 0.257 e. The highest BCUT2D eigenvalue weighted by atomic mass is 79.9. The van der Waals surface area contributed by atoms with Gasteiger partial charge in [-0.3, -0.25) is 4.79 Å². The van der Waals surface area contributed by atoms with Gasteiger partial charge in [-0.1, -0.05) is 15.9 Å². The zero-order valence-electron chi connectivity index (χ0n) is 11.2. The number of rotatable bonds is 7. The third kappa shape index (κ3) is 5.51. The number of aryl methyl sites for hydroxylation is 1. The number of hydrogen-bond donors (Lipinski definition) is 2. The molecule has 0 spiro atoms. The van der Waals surface area contributed by atoms with E-state index in [0.717, 1.165) is 27.6 Å². The van der Waals surface area contributed by atoms with Gasteiger partial charge in [0.05, 0.1) is 4.47 Å². The first kappa shape index (κ1) is 16.0. The number of aromatic amines is 1. The van der Waals surface area contributed by atoms with Gasteiger partial charge in [0.25, 0.3) is 5.91 Å². The van der Waals surface area contributed by atoms with Crippen molar-refractivity contribution in [1.29, 1.82) is 0 Å². The van der Waals surface area contributed by atoms with Crippen LogP contribution in [-0.4, -0.2) is 29.0 Å². The minimum Gasteiger partial charge on any atom is -0.483 e. The average molecular weight is 417 g/mol. The molecule has 0 aliphatic rings. The molecule has 1 amide bonds. The molecule has 112 valence electrons. The molecule has 2 aromatic rings. The van der Waals surface area contributed by atoms with Crippen LogP contribution in [0.15, 0.2) is 39.5 Å². The number of amides is 1. The SMILES string of the molecule is O=C(COc1ccc(Br)cc1Br)NCCCc1ncc[nH]1. The third-order valence-corrected chi connectivity index (χ3v) is 3.83. The summed E-state index contributed by atoms with van der Waals surface area (Å²) in [6.07, 6.45) is 5.16. The fourth-order valence-corrected chi connectivity index (χ4v) is 2.87. The first-order chi connectivity index (χ1) is 10.1. The first-order valence-electron chi connectivity index (χ1n) is 6.48. The van der Waals surface area contributed by atoms with E-state index in [1.165, 1.54) is 0 Å². The van der Waals surface area contributed by atoms with Crippen molar-refractivity contribution < 1.29 is 9.53 Å². The number of hydrogen-bond acceptors (Lipinski definition) is 3. The van der Waals surface area contributed by atoms with Gasteiger partial charge in [-0.15, -0.1) is 0 Å². The number of aromatic nitrogens is 2. The molecule has 0 radical (unpaired) electrons. The Labute approximate surface area is 139 Å². The Hall–Kier alpha value is -1.34. The highest BCUT2D eigenvalue weighted by Gasteiger charge is 2.06. The van der Waals surface area contributed by atoms with Crippen molar-refractivity contribution in [1.82, 2.24) is 15.3 Å². The second-order valence-corrected chi connectivity index (χ2v) is 6.12. The Morgan fingerprint density at radius 1 is 1.38 bits per heavy atom. The van der Waals surface area contributed by atoms with Crippen molar-refractivity contribution in [3.05, 3.63) is 45.4 Å². The number of halogens is 2. The van der Waals surface area contributed by atoms with Crippen LogP contribution in [0.4, 0.5) is 0 Å². The summed E-state index contributed by atoms with van der Waals surface area (Å²) in [6.45, 7) is 0.603. The van der Waals surface area contributed by atoms with Crippen LogP contribution in [0.3, 0.4) is 0 Å². The zero-order valence-corrected chi connectivity index (χ0v) is 14.4. The smallest absolute Gasteiger partial charge is 0.257 e. The molecule has 2 rings (SSSR count). The summed E-state index contributed by atoms with van der Waals surface area (Å²) in [5, 5.41) is 2.82. The minimum atomic E-state index is -0.135. The molecule has 1 heterocycles. The highest BCUT2D eigenvalue weighted by molar-refractivity contribution is 9.11. The van der Waals surface area contributed by atoms with Crippen LogP contribution in [0.25, 0.3) is 0 Å². The molecule has 1 aromatic carbocycles. The van der Waals surface area contributed by atoms with Crippen LogP contribution < -0.4 is 10.1 Å². The summed E-state index contributed by atoms with van der Waals surface area (Å²) in [6, 6.07) is 5.54. The van der Waals surface area contributed by atoms with E-state index >= 15 is 0 Å². The molecule has 0 aliphatic carbocycles. The van der Waals surface area contributed by atoms with Crippen molar-refractivity contribution in [2.45, 2.75) is 12.8 Å². The van der Waals surface area contributed by atoms with Crippen LogP contribution >= 0.6 is 31.9 Å². The summed E-state index contributed by atoms with van der Waals surface area (Å²) in [7, 11) is 0. The van der Waals surface area contributed by atoms with E-state index in [1.54, 1.807) is 18.5 Å². The normalized spacial score (nSPS) is 10.4. The minimum absolute atomic E-state index is 0.000977. The number of H-pyrrole nitrogens is 1. The second kappa shape index (κ2) is 8.19. The number of nitrogens with one attached hydrogen (secondary N) is 2. The molecular weight excluding hydrogens is 402 g/mol. The lowest BCUT2D eigenvalue weighted by atomic mass is 10.3. The Bertz CT molecular complexity index is 588. The molecule has 0 saturated carbocycles. The van der Waals surface area contributed by atoms with Crippen molar-refractivity contribution >= 4 is 37.8 Å². The number of imidazole rings is 1. The van der Waals surface area contributed by atoms with E-state index in [-0.39, 0.29) is 12.5 Å². The Morgan fingerprint density at radius 2 is 2.24 bits per heavy atom. The van der Waals surface area contributed by atoms with E-state index in [0.29, 0.717) is 12.3 Å². The Kier molecular flexibility index (Phi) is 6.25. The topological polar surface area (TPSA) is 67.0 Å². The van der Waals surface area contributed by atoms with Crippen LogP contribution in [0, 0.1) is 0 Å². The molecule has 0 bridgehead atoms. The predicted octanol–water partition coefficient (Wildman–Crippen LogP) is 3.06. The fourth-order valence-electron chi connectivity index (χ4n) is 1.70. The maximum atomic E-state index is 11.7. The number of ether oxygens (including phenoxy) is 1. The molecule has 0 saturated heterocycles. The van der Waals surface area contributed by atoms with Gasteiger partial charge in [0.1, 0.15) is 11.6 Å². The van der Waals surface area contributed by atoms with Crippen molar-refractivity contribution in [2.24, 2.45) is 0 Å². The summed E-state index contributed by atoms with van der Waals surface area (Å²) in [5.41, 5.74) is 0. The van der Waals surface area contributed by atoms with Crippen molar-refractivity contribution in [3.8, 4) is 5.75 Å². The van der Waals surface area contributed by atoms with E-state index in [2.05, 4.69) is 47.1 Å². The van der Waals surface area contributed by atoms with Crippen LogP contribution in [0.5, 0.6) is 5.75 Å². The largest absolute Gasteiger partial charge is 0.483 e. The van der Waals surface area contributed by atoms with Crippen LogP contribution in [0.1, 0.15) is 12.2 Å². The summed E-state index contributed by atoms with van der Waals surface area (Å²) in [4.78, 5) is 18.8. The van der Waals surface area contributed by atoms with Gasteiger partial charge in [0.15, 0.2) is 6.61 Å². The van der Waals surface area contributed by atoms with Crippen molar-refractivity contribution in [2.75, 3.05) is 13.2 Å². The van der Waals surface area contributed by atoms with Gasteiger partial charge in [0.2, 0.25) is 0 Å². The first-order valence-corrected chi connectivity index (χ1v) is 8.06. The molecule has 1 aromatic heterocycles. The standard InChI is InChI=1S/C14H15Br2N3O2/c15-10-3-4-12(11(16)8-10)21-9-14(20)19-5-1-2-13-17-6-7-18-13/h3-4,6-8H,1-2,5,9H2,(H,17,18)(H,19,20). The molecule has 0 fully saturated rings. The predicted molar refractivity (Wildman–Crippen MR) is 87.3 cm³/mol. The van der Waals surface area contributed by atoms with Gasteiger partial charge in [-0.25, -0.2) is 4.98 Å². The van der Waals surface area contributed by atoms with E-state index < -0.39 is 0 Å². The van der Waals surface area contributed by atoms with E-state index in [9.17, 15) is 4.79 Å². The molecule has 0 aliphatic heterocycles. The van der Waals surface area contributed by atoms with Gasteiger partial charge in [-0.2, -0.15) is 0 Å². The molecule has 7 heteroatoms. The zero-order chi connectivity index (χ0) is 15.1. The van der Waals surface area contributed by atoms with Gasteiger partial charge in [-0.05, 0) is 40.5 Å². The molecule has 0 atom stereocenters. The van der Waals surface area contributed by atoms with Gasteiger partial charge < -0.3 is 15.0 Å².